The monoisotopic (exact) mass is 415 g/mol. The van der Waals surface area contributed by atoms with Crippen LogP contribution in [-0.2, 0) is 17.8 Å². The molecule has 0 saturated carbocycles. The van der Waals surface area contributed by atoms with Crippen LogP contribution in [0.2, 0.25) is 5.02 Å². The maximum atomic E-state index is 12.1. The second-order valence-electron chi connectivity index (χ2n) is 5.11. The van der Waals surface area contributed by atoms with E-state index in [9.17, 15) is 4.79 Å². The van der Waals surface area contributed by atoms with Gasteiger partial charge in [-0.15, -0.1) is 11.3 Å². The number of hydrogen-bond donors (Lipinski definition) is 1. The fourth-order valence-corrected chi connectivity index (χ4v) is 3.98. The van der Waals surface area contributed by atoms with Gasteiger partial charge in [0, 0.05) is 11.3 Å². The number of carbonyl (C=O) groups is 1. The Labute approximate surface area is 151 Å². The van der Waals surface area contributed by atoms with E-state index in [-0.39, 0.29) is 12.3 Å². The SMILES string of the molecule is O=C(Cc1cc(Cl)c2c(c1)OCCCO2)NCc1ccc(Br)s1. The average Bonchev–Trinajstić information content (AvgIpc) is 2.78. The summed E-state index contributed by atoms with van der Waals surface area (Å²) >= 11 is 11.3. The molecule has 0 saturated heterocycles. The minimum atomic E-state index is -0.0555. The van der Waals surface area contributed by atoms with Crippen molar-refractivity contribution in [1.29, 1.82) is 0 Å². The van der Waals surface area contributed by atoms with Gasteiger partial charge in [0.1, 0.15) is 0 Å². The van der Waals surface area contributed by atoms with Gasteiger partial charge < -0.3 is 14.8 Å². The zero-order valence-electron chi connectivity index (χ0n) is 12.2. The van der Waals surface area contributed by atoms with Gasteiger partial charge in [-0.2, -0.15) is 0 Å². The van der Waals surface area contributed by atoms with Crippen molar-refractivity contribution < 1.29 is 14.3 Å². The number of hydrogen-bond acceptors (Lipinski definition) is 4. The molecule has 0 bridgehead atoms. The first-order chi connectivity index (χ1) is 11.1. The summed E-state index contributed by atoms with van der Waals surface area (Å²) in [5.41, 5.74) is 0.809. The molecule has 0 spiro atoms. The van der Waals surface area contributed by atoms with Crippen LogP contribution in [0.3, 0.4) is 0 Å². The van der Waals surface area contributed by atoms with E-state index >= 15 is 0 Å². The predicted octanol–water partition coefficient (Wildman–Crippen LogP) is 4.18. The smallest absolute Gasteiger partial charge is 0.224 e. The van der Waals surface area contributed by atoms with Crippen molar-refractivity contribution in [1.82, 2.24) is 5.32 Å². The lowest BCUT2D eigenvalue weighted by Crippen LogP contribution is -2.24. The molecule has 1 aromatic heterocycles. The number of carbonyl (C=O) groups excluding carboxylic acids is 1. The van der Waals surface area contributed by atoms with Crippen LogP contribution in [0.1, 0.15) is 16.9 Å². The lowest BCUT2D eigenvalue weighted by molar-refractivity contribution is -0.120. The van der Waals surface area contributed by atoms with E-state index in [1.165, 1.54) is 0 Å². The Balaban J connectivity index is 1.64. The molecule has 1 N–H and O–H groups in total. The molecule has 0 atom stereocenters. The third-order valence-corrected chi connectivity index (χ3v) is 5.22. The topological polar surface area (TPSA) is 47.6 Å². The van der Waals surface area contributed by atoms with Crippen molar-refractivity contribution >= 4 is 44.8 Å². The number of nitrogens with one attached hydrogen (secondary N) is 1. The summed E-state index contributed by atoms with van der Waals surface area (Å²) in [4.78, 5) is 13.2. The third kappa shape index (κ3) is 4.40. The van der Waals surface area contributed by atoms with E-state index in [2.05, 4.69) is 21.2 Å². The number of benzene rings is 1. The van der Waals surface area contributed by atoms with Crippen molar-refractivity contribution in [3.8, 4) is 11.5 Å². The van der Waals surface area contributed by atoms with E-state index in [0.29, 0.717) is 36.3 Å². The van der Waals surface area contributed by atoms with Gasteiger partial charge in [-0.05, 0) is 45.8 Å². The molecule has 3 rings (SSSR count). The number of halogens is 2. The van der Waals surface area contributed by atoms with Gasteiger partial charge in [-0.1, -0.05) is 11.6 Å². The van der Waals surface area contributed by atoms with E-state index in [1.807, 2.05) is 18.2 Å². The van der Waals surface area contributed by atoms with Gasteiger partial charge in [0.2, 0.25) is 5.91 Å². The molecule has 2 aromatic rings. The van der Waals surface area contributed by atoms with Crippen molar-refractivity contribution in [3.05, 3.63) is 43.5 Å². The summed E-state index contributed by atoms with van der Waals surface area (Å²) in [6.45, 7) is 1.70. The van der Waals surface area contributed by atoms with Crippen LogP contribution in [0.4, 0.5) is 0 Å². The zero-order valence-corrected chi connectivity index (χ0v) is 15.4. The molecule has 23 heavy (non-hydrogen) atoms. The first kappa shape index (κ1) is 16.6. The lowest BCUT2D eigenvalue weighted by atomic mass is 10.1. The van der Waals surface area contributed by atoms with Crippen molar-refractivity contribution in [2.75, 3.05) is 13.2 Å². The molecular weight excluding hydrogens is 402 g/mol. The van der Waals surface area contributed by atoms with Crippen LogP contribution in [0, 0.1) is 0 Å². The largest absolute Gasteiger partial charge is 0.489 e. The summed E-state index contributed by atoms with van der Waals surface area (Å²) in [7, 11) is 0. The minimum absolute atomic E-state index is 0.0555. The number of thiophene rings is 1. The third-order valence-electron chi connectivity index (χ3n) is 3.32. The molecule has 1 aliphatic heterocycles. The molecule has 1 aromatic carbocycles. The highest BCUT2D eigenvalue weighted by Gasteiger charge is 2.16. The maximum Gasteiger partial charge on any atom is 0.224 e. The molecule has 4 nitrogen and oxygen atoms in total. The van der Waals surface area contributed by atoms with Gasteiger partial charge >= 0.3 is 0 Å². The molecule has 1 aliphatic rings. The highest BCUT2D eigenvalue weighted by atomic mass is 79.9. The first-order valence-electron chi connectivity index (χ1n) is 7.21. The Hall–Kier alpha value is -1.24. The standard InChI is InChI=1S/C16H15BrClNO3S/c17-14-3-2-11(23-14)9-19-15(20)8-10-6-12(18)16-13(7-10)21-4-1-5-22-16/h2-3,6-7H,1,4-5,8-9H2,(H,19,20). The molecule has 1 amide bonds. The Morgan fingerprint density at radius 1 is 1.30 bits per heavy atom. The summed E-state index contributed by atoms with van der Waals surface area (Å²) in [6, 6.07) is 7.54. The highest BCUT2D eigenvalue weighted by molar-refractivity contribution is 9.11. The number of amides is 1. The number of ether oxygens (including phenoxy) is 2. The van der Waals surface area contributed by atoms with Crippen LogP contribution in [0.15, 0.2) is 28.1 Å². The maximum absolute atomic E-state index is 12.1. The fourth-order valence-electron chi connectivity index (χ4n) is 2.27. The first-order valence-corrected chi connectivity index (χ1v) is 9.19. The molecule has 0 unspecified atom stereocenters. The van der Waals surface area contributed by atoms with E-state index in [1.54, 1.807) is 17.4 Å². The van der Waals surface area contributed by atoms with Crippen LogP contribution in [0.5, 0.6) is 11.5 Å². The zero-order chi connectivity index (χ0) is 16.2. The van der Waals surface area contributed by atoms with Gasteiger partial charge in [-0.3, -0.25) is 4.79 Å². The Bertz CT molecular complexity index is 719. The van der Waals surface area contributed by atoms with Crippen LogP contribution in [-0.4, -0.2) is 19.1 Å². The quantitative estimate of drug-likeness (QED) is 0.813. The van der Waals surface area contributed by atoms with Crippen molar-refractivity contribution in [2.24, 2.45) is 0 Å². The lowest BCUT2D eigenvalue weighted by Gasteiger charge is -2.11. The Kier molecular flexibility index (Phi) is 5.46. The molecule has 0 fully saturated rings. The predicted molar refractivity (Wildman–Crippen MR) is 94.6 cm³/mol. The number of fused-ring (bicyclic) bond motifs is 1. The fraction of sp³-hybridized carbons (Fsp3) is 0.312. The van der Waals surface area contributed by atoms with Crippen molar-refractivity contribution in [2.45, 2.75) is 19.4 Å². The Morgan fingerprint density at radius 3 is 2.91 bits per heavy atom. The van der Waals surface area contributed by atoms with E-state index in [0.717, 1.165) is 20.6 Å². The summed E-state index contributed by atoms with van der Waals surface area (Å²) in [5.74, 6) is 1.12. The molecule has 0 aliphatic carbocycles. The second kappa shape index (κ2) is 7.55. The number of rotatable bonds is 4. The van der Waals surface area contributed by atoms with Crippen LogP contribution >= 0.6 is 38.9 Å². The van der Waals surface area contributed by atoms with Crippen LogP contribution < -0.4 is 14.8 Å². The van der Waals surface area contributed by atoms with Gasteiger partial charge in [-0.25, -0.2) is 0 Å². The summed E-state index contributed by atoms with van der Waals surface area (Å²) in [6.07, 6.45) is 1.07. The van der Waals surface area contributed by atoms with Gasteiger partial charge in [0.25, 0.3) is 0 Å². The van der Waals surface area contributed by atoms with Crippen molar-refractivity contribution in [3.63, 3.8) is 0 Å². The summed E-state index contributed by atoms with van der Waals surface area (Å²) < 4.78 is 12.3. The Morgan fingerprint density at radius 2 is 2.13 bits per heavy atom. The highest BCUT2D eigenvalue weighted by Crippen LogP contribution is 2.38. The molecule has 0 radical (unpaired) electrons. The second-order valence-corrected chi connectivity index (χ2v) is 8.07. The summed E-state index contributed by atoms with van der Waals surface area (Å²) in [5, 5.41) is 3.39. The van der Waals surface area contributed by atoms with E-state index < -0.39 is 0 Å². The molecule has 122 valence electrons. The molecule has 2 heterocycles. The molecule has 7 heteroatoms. The normalized spacial score (nSPS) is 13.5. The van der Waals surface area contributed by atoms with Gasteiger partial charge in [0.15, 0.2) is 11.5 Å². The minimum Gasteiger partial charge on any atom is -0.489 e. The van der Waals surface area contributed by atoms with Gasteiger partial charge in [0.05, 0.1) is 35.0 Å². The average molecular weight is 417 g/mol. The van der Waals surface area contributed by atoms with Crippen LogP contribution in [0.25, 0.3) is 0 Å². The molecular formula is C16H15BrClNO3S. The van der Waals surface area contributed by atoms with E-state index in [4.69, 9.17) is 21.1 Å².